The van der Waals surface area contributed by atoms with E-state index in [1.54, 1.807) is 0 Å². The minimum Gasteiger partial charge on any atom is -0.541 e. The summed E-state index contributed by atoms with van der Waals surface area (Å²) in [5.74, 6) is 2.62. The molecule has 5 aliphatic rings. The molecule has 5 atom stereocenters. The fourth-order valence-electron chi connectivity index (χ4n) is 7.61. The summed E-state index contributed by atoms with van der Waals surface area (Å²) >= 11 is 0. The van der Waals surface area contributed by atoms with Crippen LogP contribution in [0.15, 0.2) is 12.1 Å². The van der Waals surface area contributed by atoms with Gasteiger partial charge in [0.1, 0.15) is 11.9 Å². The van der Waals surface area contributed by atoms with Gasteiger partial charge in [-0.1, -0.05) is 47.6 Å². The zero-order chi connectivity index (χ0) is 28.4. The van der Waals surface area contributed by atoms with Crippen LogP contribution >= 0.6 is 0 Å². The van der Waals surface area contributed by atoms with Gasteiger partial charge in [0.05, 0.1) is 17.1 Å². The van der Waals surface area contributed by atoms with Crippen molar-refractivity contribution in [2.24, 2.45) is 5.92 Å². The number of benzene rings is 1. The smallest absolute Gasteiger partial charge is 0.250 e. The molecule has 2 aliphatic heterocycles. The summed E-state index contributed by atoms with van der Waals surface area (Å²) < 4.78 is 21.3. The van der Waals surface area contributed by atoms with Crippen molar-refractivity contribution in [1.29, 1.82) is 0 Å². The zero-order valence-corrected chi connectivity index (χ0v) is 28.2. The maximum absolute atomic E-state index is 12.9. The Balaban J connectivity index is 1.47. The number of ether oxygens (including phenoxy) is 1. The molecule has 0 amide bonds. The monoisotopic (exact) mass is 571 g/mol. The predicted octanol–water partition coefficient (Wildman–Crippen LogP) is 7.03. The Kier molecular flexibility index (Phi) is 6.22. The first-order valence-electron chi connectivity index (χ1n) is 15.6. The van der Waals surface area contributed by atoms with Crippen LogP contribution in [0.5, 0.6) is 11.5 Å². The average molecular weight is 572 g/mol. The van der Waals surface area contributed by atoms with E-state index in [-0.39, 0.29) is 28.3 Å². The lowest BCUT2D eigenvalue weighted by molar-refractivity contribution is -0.206. The fourth-order valence-corrected chi connectivity index (χ4v) is 9.98. The summed E-state index contributed by atoms with van der Waals surface area (Å²) in [6, 6.07) is 4.63. The quantitative estimate of drug-likeness (QED) is 0.372. The molecule has 1 aromatic rings. The van der Waals surface area contributed by atoms with Crippen molar-refractivity contribution in [2.45, 2.75) is 146 Å². The standard InChI is InChI=1S/C32H53NO4Si2/c1-29(2,3)38(7,8)36-23-14-13-22-19-25-32(34)16-15-24(37-39(9,10)30(4,5)6)28-31(32,26(22)27(23)35-28)17-18-33(25)20-21-11-12-21/h13-14,21,24-25,28,34H,11-12,15-20H2,1-10H3/t24?,25?,28-,31-,32+/m0/s1. The summed E-state index contributed by atoms with van der Waals surface area (Å²) in [6.07, 6.45) is 5.96. The molecule has 1 N–H and O–H groups in total. The third kappa shape index (κ3) is 4.07. The summed E-state index contributed by atoms with van der Waals surface area (Å²) in [4.78, 5) is 2.65. The van der Waals surface area contributed by atoms with E-state index < -0.39 is 27.7 Å². The van der Waals surface area contributed by atoms with Gasteiger partial charge in [0.2, 0.25) is 0 Å². The third-order valence-corrected chi connectivity index (χ3v) is 21.0. The lowest BCUT2D eigenvalue weighted by atomic mass is 9.48. The number of piperidine rings is 1. The van der Waals surface area contributed by atoms with Crippen molar-refractivity contribution < 1.29 is 18.7 Å². The van der Waals surface area contributed by atoms with Crippen LogP contribution in [0, 0.1) is 5.92 Å². The van der Waals surface area contributed by atoms with Crippen molar-refractivity contribution in [3.05, 3.63) is 23.3 Å². The van der Waals surface area contributed by atoms with Crippen LogP contribution in [0.3, 0.4) is 0 Å². The Bertz CT molecular complexity index is 1150. The highest BCUT2D eigenvalue weighted by Crippen LogP contribution is 2.66. The fraction of sp³-hybridized carbons (Fsp3) is 0.812. The van der Waals surface area contributed by atoms with Crippen LogP contribution in [0.2, 0.25) is 36.3 Å². The molecule has 2 heterocycles. The van der Waals surface area contributed by atoms with Crippen LogP contribution in [0.1, 0.15) is 84.8 Å². The second kappa shape index (κ2) is 8.59. The molecule has 1 saturated heterocycles. The summed E-state index contributed by atoms with van der Waals surface area (Å²) in [5.41, 5.74) is 1.39. The van der Waals surface area contributed by atoms with Crippen molar-refractivity contribution in [2.75, 3.05) is 13.1 Å². The number of hydrogen-bond acceptors (Lipinski definition) is 5. The van der Waals surface area contributed by atoms with E-state index in [0.717, 1.165) is 56.2 Å². The summed E-state index contributed by atoms with van der Waals surface area (Å²) in [7, 11) is -4.13. The molecule has 1 spiro atoms. The van der Waals surface area contributed by atoms with Gasteiger partial charge in [0.15, 0.2) is 14.1 Å². The number of hydrogen-bond donors (Lipinski definition) is 1. The van der Waals surface area contributed by atoms with Gasteiger partial charge in [-0.2, -0.15) is 0 Å². The molecule has 3 aliphatic carbocycles. The molecule has 5 nitrogen and oxygen atoms in total. The van der Waals surface area contributed by atoms with E-state index in [1.165, 1.54) is 24.0 Å². The van der Waals surface area contributed by atoms with Crippen LogP contribution in [0.4, 0.5) is 0 Å². The Hall–Kier alpha value is -0.866. The number of aliphatic hydroxyl groups is 1. The Morgan fingerprint density at radius 1 is 0.974 bits per heavy atom. The van der Waals surface area contributed by atoms with Crippen molar-refractivity contribution in [3.8, 4) is 11.5 Å². The van der Waals surface area contributed by atoms with E-state index in [9.17, 15) is 5.11 Å². The Labute approximate surface area is 239 Å². The summed E-state index contributed by atoms with van der Waals surface area (Å²) in [6.45, 7) is 25.3. The molecular weight excluding hydrogens is 519 g/mol. The first kappa shape index (κ1) is 28.3. The van der Waals surface area contributed by atoms with Gasteiger partial charge in [-0.3, -0.25) is 4.90 Å². The van der Waals surface area contributed by atoms with E-state index in [0.29, 0.717) is 0 Å². The van der Waals surface area contributed by atoms with Gasteiger partial charge in [-0.05, 0) is 98.9 Å². The topological polar surface area (TPSA) is 51.2 Å². The molecule has 7 heteroatoms. The first-order chi connectivity index (χ1) is 17.9. The number of likely N-dealkylation sites (tertiary alicyclic amines) is 1. The second-order valence-corrected chi connectivity index (χ2v) is 26.1. The molecule has 1 aromatic carbocycles. The third-order valence-electron chi connectivity index (χ3n) is 12.1. The van der Waals surface area contributed by atoms with Gasteiger partial charge in [-0.25, -0.2) is 0 Å². The maximum atomic E-state index is 12.9. The lowest BCUT2D eigenvalue weighted by Gasteiger charge is -2.64. The first-order valence-corrected chi connectivity index (χ1v) is 21.4. The lowest BCUT2D eigenvalue weighted by Crippen LogP contribution is -2.77. The molecule has 2 unspecified atom stereocenters. The van der Waals surface area contributed by atoms with Crippen LogP contribution in [0.25, 0.3) is 0 Å². The molecule has 218 valence electrons. The van der Waals surface area contributed by atoms with E-state index in [4.69, 9.17) is 13.6 Å². The largest absolute Gasteiger partial charge is 0.541 e. The number of nitrogens with zero attached hydrogens (tertiary/aromatic N) is 1. The van der Waals surface area contributed by atoms with Crippen molar-refractivity contribution in [1.82, 2.24) is 4.90 Å². The molecule has 39 heavy (non-hydrogen) atoms. The van der Waals surface area contributed by atoms with Crippen LogP contribution in [-0.2, 0) is 16.3 Å². The molecule has 2 bridgehead atoms. The van der Waals surface area contributed by atoms with Crippen molar-refractivity contribution in [3.63, 3.8) is 0 Å². The highest BCUT2D eigenvalue weighted by atomic mass is 28.4. The Morgan fingerprint density at radius 3 is 2.26 bits per heavy atom. The molecule has 0 radical (unpaired) electrons. The van der Waals surface area contributed by atoms with Gasteiger partial charge < -0.3 is 18.7 Å². The van der Waals surface area contributed by atoms with Gasteiger partial charge in [0, 0.05) is 18.2 Å². The molecule has 6 rings (SSSR count). The highest BCUT2D eigenvalue weighted by Gasteiger charge is 2.73. The zero-order valence-electron chi connectivity index (χ0n) is 26.2. The predicted molar refractivity (Wildman–Crippen MR) is 163 cm³/mol. The van der Waals surface area contributed by atoms with Crippen molar-refractivity contribution >= 4 is 16.6 Å². The Morgan fingerprint density at radius 2 is 1.64 bits per heavy atom. The van der Waals surface area contributed by atoms with E-state index in [2.05, 4.69) is 84.8 Å². The SMILES string of the molecule is CC(C)(C)[Si](C)(C)Oc1ccc2c3c1O[C@H]1C(O[Si](C)(C)C(C)(C)C)CC[C@@]4(O)C(C2)N(CC2CC2)CC[C@]314. The van der Waals surface area contributed by atoms with Gasteiger partial charge in [0.25, 0.3) is 8.32 Å². The molecule has 2 saturated carbocycles. The average Bonchev–Trinajstić information content (AvgIpc) is 3.54. The minimum atomic E-state index is -2.08. The second-order valence-electron chi connectivity index (χ2n) is 16.6. The summed E-state index contributed by atoms with van der Waals surface area (Å²) in [5, 5.41) is 13.2. The number of rotatable bonds is 6. The van der Waals surface area contributed by atoms with Gasteiger partial charge >= 0.3 is 0 Å². The molecule has 3 fully saturated rings. The molecular formula is C32H53NO4Si2. The van der Waals surface area contributed by atoms with E-state index in [1.807, 2.05) is 0 Å². The molecule has 0 aromatic heterocycles. The minimum absolute atomic E-state index is 0.0131. The van der Waals surface area contributed by atoms with Gasteiger partial charge in [-0.15, -0.1) is 0 Å². The van der Waals surface area contributed by atoms with Crippen LogP contribution < -0.4 is 9.16 Å². The normalized spacial score (nSPS) is 34.5. The van der Waals surface area contributed by atoms with E-state index >= 15 is 0 Å². The maximum Gasteiger partial charge on any atom is 0.250 e. The van der Waals surface area contributed by atoms with Crippen LogP contribution in [-0.4, -0.2) is 63.6 Å². The highest BCUT2D eigenvalue weighted by molar-refractivity contribution is 6.75.